The summed E-state index contributed by atoms with van der Waals surface area (Å²) in [4.78, 5) is 9.81. The van der Waals surface area contributed by atoms with Gasteiger partial charge in [-0.1, -0.05) is 0 Å². The summed E-state index contributed by atoms with van der Waals surface area (Å²) < 4.78 is 65.5. The van der Waals surface area contributed by atoms with Gasteiger partial charge in [-0.05, 0) is 12.1 Å². The summed E-state index contributed by atoms with van der Waals surface area (Å²) in [5, 5.41) is 13.8. The Balaban J connectivity index is 2.23. The van der Waals surface area contributed by atoms with Crippen molar-refractivity contribution in [3.05, 3.63) is 69.0 Å². The van der Waals surface area contributed by atoms with Crippen LogP contribution in [0.15, 0.2) is 29.4 Å². The van der Waals surface area contributed by atoms with E-state index in [-0.39, 0.29) is 11.4 Å². The van der Waals surface area contributed by atoms with Crippen LogP contribution in [0.1, 0.15) is 5.56 Å². The summed E-state index contributed by atoms with van der Waals surface area (Å²) in [7, 11) is 0. The van der Waals surface area contributed by atoms with Crippen molar-refractivity contribution in [2.45, 2.75) is 0 Å². The molecule has 2 aromatic rings. The van der Waals surface area contributed by atoms with E-state index in [9.17, 15) is 32.1 Å². The number of hydrazone groups is 1. The molecule has 0 bridgehead atoms. The van der Waals surface area contributed by atoms with Crippen molar-refractivity contribution in [2.75, 3.05) is 5.43 Å². The SMILES string of the molecule is O=[N+]([O-])c1ccc(N/N=C\c2c(F)c(F)c(F)c(F)c2F)cc1. The highest BCUT2D eigenvalue weighted by Gasteiger charge is 2.24. The summed E-state index contributed by atoms with van der Waals surface area (Å²) >= 11 is 0. The third-order valence-corrected chi connectivity index (χ3v) is 2.71. The van der Waals surface area contributed by atoms with Crippen LogP contribution in [0, 0.1) is 39.2 Å². The molecule has 0 saturated heterocycles. The Bertz CT molecular complexity index is 764. The van der Waals surface area contributed by atoms with E-state index in [4.69, 9.17) is 0 Å². The van der Waals surface area contributed by atoms with E-state index in [0.717, 1.165) is 12.1 Å². The molecule has 0 aliphatic rings. The number of hydrogen-bond donors (Lipinski definition) is 1. The normalized spacial score (nSPS) is 11.0. The fourth-order valence-electron chi connectivity index (χ4n) is 1.56. The van der Waals surface area contributed by atoms with Crippen molar-refractivity contribution in [2.24, 2.45) is 5.10 Å². The molecule has 0 spiro atoms. The van der Waals surface area contributed by atoms with Crippen molar-refractivity contribution in [3.63, 3.8) is 0 Å². The summed E-state index contributed by atoms with van der Waals surface area (Å²) in [6, 6.07) is 4.76. The van der Waals surface area contributed by atoms with Crippen LogP contribution >= 0.6 is 0 Å². The standard InChI is InChI=1S/C13H6F5N3O2/c14-9-8(10(15)12(17)13(18)11(9)16)5-19-20-6-1-3-7(4-2-6)21(22)23/h1-5,20H/b19-5-. The lowest BCUT2D eigenvalue weighted by Crippen LogP contribution is -2.07. The number of nitrogens with one attached hydrogen (secondary N) is 1. The minimum atomic E-state index is -2.26. The highest BCUT2D eigenvalue weighted by atomic mass is 19.2. The van der Waals surface area contributed by atoms with Crippen molar-refractivity contribution in [3.8, 4) is 0 Å². The van der Waals surface area contributed by atoms with E-state index >= 15 is 0 Å². The lowest BCUT2D eigenvalue weighted by atomic mass is 10.2. The molecule has 2 aromatic carbocycles. The molecule has 0 amide bonds. The van der Waals surface area contributed by atoms with Crippen molar-refractivity contribution in [1.82, 2.24) is 0 Å². The molecule has 23 heavy (non-hydrogen) atoms. The molecular weight excluding hydrogens is 325 g/mol. The van der Waals surface area contributed by atoms with Crippen LogP contribution in [0.4, 0.5) is 33.3 Å². The average Bonchev–Trinajstić information content (AvgIpc) is 2.54. The summed E-state index contributed by atoms with van der Waals surface area (Å²) in [5.41, 5.74) is 1.04. The highest BCUT2D eigenvalue weighted by molar-refractivity contribution is 5.81. The van der Waals surface area contributed by atoms with Crippen molar-refractivity contribution in [1.29, 1.82) is 0 Å². The maximum absolute atomic E-state index is 13.4. The molecule has 5 nitrogen and oxygen atoms in total. The number of nitrogens with zero attached hydrogens (tertiary/aromatic N) is 2. The molecule has 0 radical (unpaired) electrons. The van der Waals surface area contributed by atoms with Gasteiger partial charge in [-0.25, -0.2) is 22.0 Å². The van der Waals surface area contributed by atoms with E-state index < -0.39 is 39.6 Å². The monoisotopic (exact) mass is 331 g/mol. The lowest BCUT2D eigenvalue weighted by molar-refractivity contribution is -0.384. The van der Waals surface area contributed by atoms with E-state index in [0.29, 0.717) is 6.21 Å². The van der Waals surface area contributed by atoms with Crippen LogP contribution in [-0.4, -0.2) is 11.1 Å². The molecule has 0 heterocycles. The number of benzene rings is 2. The van der Waals surface area contributed by atoms with Gasteiger partial charge in [-0.3, -0.25) is 15.5 Å². The zero-order valence-electron chi connectivity index (χ0n) is 11.0. The third-order valence-electron chi connectivity index (χ3n) is 2.71. The maximum atomic E-state index is 13.4. The molecule has 0 aliphatic carbocycles. The largest absolute Gasteiger partial charge is 0.278 e. The molecule has 0 aromatic heterocycles. The molecule has 0 aliphatic heterocycles. The number of nitro groups is 1. The Labute approximate surface area is 125 Å². The van der Waals surface area contributed by atoms with Crippen molar-refractivity contribution >= 4 is 17.6 Å². The van der Waals surface area contributed by atoms with Gasteiger partial charge in [0.15, 0.2) is 23.3 Å². The van der Waals surface area contributed by atoms with Gasteiger partial charge in [0, 0.05) is 12.1 Å². The number of halogens is 5. The van der Waals surface area contributed by atoms with Gasteiger partial charge in [0.1, 0.15) is 0 Å². The zero-order chi connectivity index (χ0) is 17.1. The average molecular weight is 331 g/mol. The predicted molar refractivity (Wildman–Crippen MR) is 70.5 cm³/mol. The van der Waals surface area contributed by atoms with Crippen LogP contribution in [0.25, 0.3) is 0 Å². The molecular formula is C13H6F5N3O2. The molecule has 1 N–H and O–H groups in total. The van der Waals surface area contributed by atoms with Gasteiger partial charge in [-0.2, -0.15) is 5.10 Å². The number of hydrogen-bond acceptors (Lipinski definition) is 4. The minimum Gasteiger partial charge on any atom is -0.278 e. The van der Waals surface area contributed by atoms with Crippen molar-refractivity contribution < 1.29 is 26.9 Å². The minimum absolute atomic E-state index is 0.195. The van der Waals surface area contributed by atoms with Gasteiger partial charge in [0.2, 0.25) is 5.82 Å². The van der Waals surface area contributed by atoms with Crippen LogP contribution in [0.3, 0.4) is 0 Å². The number of nitro benzene ring substituents is 1. The Hall–Kier alpha value is -3.04. The second-order valence-corrected chi connectivity index (χ2v) is 4.16. The summed E-state index contributed by atoms with van der Waals surface area (Å²) in [5.74, 6) is -10.5. The first-order chi connectivity index (χ1) is 10.8. The summed E-state index contributed by atoms with van der Waals surface area (Å²) in [6.45, 7) is 0. The first kappa shape index (κ1) is 16.3. The van der Waals surface area contributed by atoms with E-state index in [1.807, 2.05) is 0 Å². The molecule has 0 atom stereocenters. The second kappa shape index (κ2) is 6.38. The first-order valence-electron chi connectivity index (χ1n) is 5.88. The van der Waals surface area contributed by atoms with Gasteiger partial charge in [0.25, 0.3) is 5.69 Å². The number of rotatable bonds is 4. The Morgan fingerprint density at radius 2 is 1.39 bits per heavy atom. The first-order valence-corrected chi connectivity index (χ1v) is 5.88. The van der Waals surface area contributed by atoms with Gasteiger partial charge >= 0.3 is 0 Å². The smallest absolute Gasteiger partial charge is 0.269 e. The second-order valence-electron chi connectivity index (χ2n) is 4.16. The number of non-ortho nitro benzene ring substituents is 1. The van der Waals surface area contributed by atoms with E-state index in [1.165, 1.54) is 12.1 Å². The van der Waals surface area contributed by atoms with Crippen LogP contribution in [0.5, 0.6) is 0 Å². The fourth-order valence-corrected chi connectivity index (χ4v) is 1.56. The molecule has 0 fully saturated rings. The van der Waals surface area contributed by atoms with Gasteiger partial charge in [0.05, 0.1) is 22.4 Å². The molecule has 2 rings (SSSR count). The maximum Gasteiger partial charge on any atom is 0.269 e. The van der Waals surface area contributed by atoms with E-state index in [2.05, 4.69) is 10.5 Å². The fraction of sp³-hybridized carbons (Fsp3) is 0. The molecule has 0 saturated carbocycles. The molecule has 0 unspecified atom stereocenters. The van der Waals surface area contributed by atoms with Crippen LogP contribution in [-0.2, 0) is 0 Å². The van der Waals surface area contributed by atoms with Gasteiger partial charge in [-0.15, -0.1) is 0 Å². The lowest BCUT2D eigenvalue weighted by Gasteiger charge is -2.04. The highest BCUT2D eigenvalue weighted by Crippen LogP contribution is 2.22. The molecule has 10 heteroatoms. The Kier molecular flexibility index (Phi) is 4.53. The zero-order valence-corrected chi connectivity index (χ0v) is 11.0. The summed E-state index contributed by atoms with van der Waals surface area (Å²) in [6.07, 6.45) is 0.414. The number of anilines is 1. The van der Waals surface area contributed by atoms with Gasteiger partial charge < -0.3 is 0 Å². The topological polar surface area (TPSA) is 67.5 Å². The Morgan fingerprint density at radius 3 is 1.87 bits per heavy atom. The van der Waals surface area contributed by atoms with E-state index in [1.54, 1.807) is 0 Å². The van der Waals surface area contributed by atoms with Crippen LogP contribution in [0.2, 0.25) is 0 Å². The molecule has 120 valence electrons. The third kappa shape index (κ3) is 3.25. The Morgan fingerprint density at radius 1 is 0.913 bits per heavy atom. The quantitative estimate of drug-likeness (QED) is 0.232. The van der Waals surface area contributed by atoms with Crippen LogP contribution < -0.4 is 5.43 Å². The predicted octanol–water partition coefficient (Wildman–Crippen LogP) is 3.74.